The number of rotatable bonds is 0. The fraction of sp³-hybridized carbons (Fsp3) is 0. The normalized spacial score (nSPS) is 13.5. The molecule has 7 rings (SSSR count). The van der Waals surface area contributed by atoms with Crippen LogP contribution in [-0.4, -0.2) is 0 Å². The molecule has 0 saturated heterocycles. The molecule has 0 unspecified atom stereocenters. The Hall–Kier alpha value is -2.06. The minimum absolute atomic E-state index is 1.34. The SMILES string of the molecule is c1ccc2c(c1)Sc1ccccc1C2=c1ssc(=C2c3ccccc3Sc3ccccc32)ss1. The topological polar surface area (TPSA) is 0 Å². The zero-order valence-corrected chi connectivity index (χ0v) is 22.6. The van der Waals surface area contributed by atoms with Crippen molar-refractivity contribution in [2.24, 2.45) is 0 Å². The van der Waals surface area contributed by atoms with Gasteiger partial charge in [-0.3, -0.25) is 0 Å². The Labute approximate surface area is 221 Å². The maximum Gasteiger partial charge on any atom is 0.109 e. The molecule has 0 radical (unpaired) electrons. The Balaban J connectivity index is 1.52. The van der Waals surface area contributed by atoms with E-state index in [1.165, 1.54) is 60.7 Å². The highest BCUT2D eigenvalue weighted by molar-refractivity contribution is 8.00. The van der Waals surface area contributed by atoms with Crippen LogP contribution in [0.25, 0.3) is 11.1 Å². The zero-order chi connectivity index (χ0) is 22.5. The average molecular weight is 545 g/mol. The smallest absolute Gasteiger partial charge is 0.0888 e. The van der Waals surface area contributed by atoms with Gasteiger partial charge in [0, 0.05) is 30.7 Å². The van der Waals surface area contributed by atoms with Crippen LogP contribution in [0, 0.1) is 0 Å². The molecular formula is C28H16S6. The van der Waals surface area contributed by atoms with E-state index in [0.717, 1.165) is 0 Å². The monoisotopic (exact) mass is 544 g/mol. The van der Waals surface area contributed by atoms with E-state index in [1.807, 2.05) is 64.9 Å². The first-order valence-corrected chi connectivity index (χ1v) is 16.7. The van der Waals surface area contributed by atoms with E-state index in [1.54, 1.807) is 0 Å². The van der Waals surface area contributed by atoms with Gasteiger partial charge in [-0.05, 0) is 46.5 Å². The van der Waals surface area contributed by atoms with Crippen molar-refractivity contribution in [1.82, 2.24) is 0 Å². The van der Waals surface area contributed by atoms with Gasteiger partial charge in [0.25, 0.3) is 0 Å². The van der Waals surface area contributed by atoms with Gasteiger partial charge in [-0.15, -0.1) is 0 Å². The van der Waals surface area contributed by atoms with Gasteiger partial charge in [0.15, 0.2) is 0 Å². The number of hydrogen-bond acceptors (Lipinski definition) is 6. The van der Waals surface area contributed by atoms with Crippen LogP contribution in [0.4, 0.5) is 0 Å². The third-order valence-corrected chi connectivity index (χ3v) is 14.5. The van der Waals surface area contributed by atoms with E-state index in [-0.39, 0.29) is 0 Å². The van der Waals surface area contributed by atoms with E-state index >= 15 is 0 Å². The molecule has 2 aliphatic heterocycles. The van der Waals surface area contributed by atoms with Crippen molar-refractivity contribution in [2.75, 3.05) is 0 Å². The molecule has 2 aliphatic rings. The van der Waals surface area contributed by atoms with Gasteiger partial charge in [-0.25, -0.2) is 0 Å². The summed E-state index contributed by atoms with van der Waals surface area (Å²) in [6.07, 6.45) is 0. The quantitative estimate of drug-likeness (QED) is 0.176. The molecule has 0 fully saturated rings. The van der Waals surface area contributed by atoms with E-state index < -0.39 is 0 Å². The van der Waals surface area contributed by atoms with Gasteiger partial charge in [-0.2, -0.15) is 0 Å². The molecule has 0 N–H and O–H groups in total. The minimum Gasteiger partial charge on any atom is -0.0888 e. The lowest BCUT2D eigenvalue weighted by Gasteiger charge is -2.22. The molecule has 6 heteroatoms. The molecule has 0 nitrogen and oxygen atoms in total. The van der Waals surface area contributed by atoms with Crippen LogP contribution in [-0.2, 0) is 0 Å². The number of hydrogen-bond donors (Lipinski definition) is 0. The van der Waals surface area contributed by atoms with E-state index in [2.05, 4.69) is 97.1 Å². The summed E-state index contributed by atoms with van der Waals surface area (Å²) in [6.45, 7) is 0. The van der Waals surface area contributed by atoms with Gasteiger partial charge >= 0.3 is 0 Å². The van der Waals surface area contributed by atoms with E-state index in [4.69, 9.17) is 0 Å². The summed E-state index contributed by atoms with van der Waals surface area (Å²) in [5, 5.41) is 0. The van der Waals surface area contributed by atoms with Crippen LogP contribution < -0.4 is 7.69 Å². The van der Waals surface area contributed by atoms with Crippen LogP contribution in [0.5, 0.6) is 0 Å². The molecule has 34 heavy (non-hydrogen) atoms. The Morgan fingerprint density at radius 3 is 0.882 bits per heavy atom. The molecule has 0 aliphatic carbocycles. The van der Waals surface area contributed by atoms with E-state index in [9.17, 15) is 0 Å². The largest absolute Gasteiger partial charge is 0.109 e. The first-order chi connectivity index (χ1) is 16.9. The predicted octanol–water partition coefficient (Wildman–Crippen LogP) is 8.48. The fourth-order valence-corrected chi connectivity index (χ4v) is 13.4. The summed E-state index contributed by atoms with van der Waals surface area (Å²) >= 11 is 3.76. The summed E-state index contributed by atoms with van der Waals surface area (Å²) in [5.74, 6) is 0. The second-order valence-corrected chi connectivity index (χ2v) is 14.8. The summed E-state index contributed by atoms with van der Waals surface area (Å²) in [5.41, 5.74) is 8.16. The molecule has 164 valence electrons. The fourth-order valence-electron chi connectivity index (χ4n) is 4.36. The molecular weight excluding hydrogens is 529 g/mol. The Morgan fingerprint density at radius 1 is 0.324 bits per heavy atom. The second kappa shape index (κ2) is 8.86. The molecule has 0 spiro atoms. The van der Waals surface area contributed by atoms with Crippen molar-refractivity contribution >= 4 is 76.0 Å². The molecule has 0 bridgehead atoms. The first kappa shape index (κ1) is 21.2. The molecule has 4 aromatic carbocycles. The Kier molecular flexibility index (Phi) is 5.54. The first-order valence-electron chi connectivity index (χ1n) is 10.8. The molecule has 3 heterocycles. The third kappa shape index (κ3) is 3.56. The van der Waals surface area contributed by atoms with Crippen molar-refractivity contribution in [1.29, 1.82) is 0 Å². The van der Waals surface area contributed by atoms with Crippen LogP contribution in [0.1, 0.15) is 22.3 Å². The maximum absolute atomic E-state index is 2.27. The lowest BCUT2D eigenvalue weighted by atomic mass is 9.99. The van der Waals surface area contributed by atoms with Crippen molar-refractivity contribution in [3.63, 3.8) is 0 Å². The third-order valence-electron chi connectivity index (χ3n) is 5.86. The van der Waals surface area contributed by atoms with Crippen LogP contribution >= 0.6 is 64.9 Å². The van der Waals surface area contributed by atoms with Gasteiger partial charge in [0.1, 0.15) is 7.69 Å². The lowest BCUT2D eigenvalue weighted by Crippen LogP contribution is -2.10. The average Bonchev–Trinajstić information content (AvgIpc) is 2.90. The highest BCUT2D eigenvalue weighted by atomic mass is 32.9. The van der Waals surface area contributed by atoms with Gasteiger partial charge in [0.05, 0.1) is 0 Å². The minimum atomic E-state index is 1.34. The number of fused-ring (bicyclic) bond motifs is 4. The van der Waals surface area contributed by atoms with Crippen molar-refractivity contribution < 1.29 is 0 Å². The van der Waals surface area contributed by atoms with Crippen LogP contribution in [0.3, 0.4) is 0 Å². The Bertz CT molecular complexity index is 1480. The summed E-state index contributed by atoms with van der Waals surface area (Å²) in [4.78, 5) is 5.37. The molecule has 0 saturated carbocycles. The summed E-state index contributed by atoms with van der Waals surface area (Å²) < 4.78 is 2.76. The molecule has 5 aromatic rings. The van der Waals surface area contributed by atoms with Crippen molar-refractivity contribution in [3.8, 4) is 0 Å². The Morgan fingerprint density at radius 2 is 0.588 bits per heavy atom. The highest BCUT2D eigenvalue weighted by Gasteiger charge is 2.23. The molecule has 0 amide bonds. The van der Waals surface area contributed by atoms with Gasteiger partial charge in [0.2, 0.25) is 0 Å². The van der Waals surface area contributed by atoms with Crippen LogP contribution in [0.2, 0.25) is 0 Å². The number of benzene rings is 4. The zero-order valence-electron chi connectivity index (χ0n) is 17.7. The molecule has 0 atom stereocenters. The lowest BCUT2D eigenvalue weighted by molar-refractivity contribution is 1.29. The van der Waals surface area contributed by atoms with Crippen molar-refractivity contribution in [2.45, 2.75) is 19.6 Å². The highest BCUT2D eigenvalue weighted by Crippen LogP contribution is 2.46. The van der Waals surface area contributed by atoms with Gasteiger partial charge in [-0.1, -0.05) is 138 Å². The maximum atomic E-state index is 2.27. The second-order valence-electron chi connectivity index (χ2n) is 7.85. The molecule has 1 aromatic heterocycles. The van der Waals surface area contributed by atoms with Crippen molar-refractivity contribution in [3.05, 3.63) is 127 Å². The predicted molar refractivity (Wildman–Crippen MR) is 152 cm³/mol. The standard InChI is InChI=1S/C28H16S6/c1-5-13-21-17(9-1)25(18-10-2-6-14-22(18)29-21)27-31-33-28(34-32-27)26-19-11-3-7-15-23(19)30-24-16-8-4-12-20(24)26/h1-16H. The summed E-state index contributed by atoms with van der Waals surface area (Å²) in [6, 6.07) is 35.3. The van der Waals surface area contributed by atoms with Crippen LogP contribution in [0.15, 0.2) is 117 Å². The van der Waals surface area contributed by atoms with Gasteiger partial charge < -0.3 is 0 Å². The van der Waals surface area contributed by atoms with E-state index in [0.29, 0.717) is 0 Å². The summed E-state index contributed by atoms with van der Waals surface area (Å²) in [7, 11) is 7.65.